The highest BCUT2D eigenvalue weighted by Crippen LogP contribution is 2.34. The summed E-state index contributed by atoms with van der Waals surface area (Å²) in [5.74, 6) is 0.522. The van der Waals surface area contributed by atoms with Gasteiger partial charge in [-0.25, -0.2) is 4.79 Å². The first-order chi connectivity index (χ1) is 16.2. The van der Waals surface area contributed by atoms with Gasteiger partial charge in [-0.15, -0.1) is 0 Å². The van der Waals surface area contributed by atoms with Crippen molar-refractivity contribution >= 4 is 23.4 Å². The zero-order valence-corrected chi connectivity index (χ0v) is 19.1. The monoisotopic (exact) mass is 456 g/mol. The lowest BCUT2D eigenvalue weighted by molar-refractivity contribution is 0.0601. The van der Waals surface area contributed by atoms with Crippen molar-refractivity contribution in [1.29, 1.82) is 0 Å². The largest absolute Gasteiger partial charge is 0.487 e. The van der Waals surface area contributed by atoms with E-state index in [1.807, 2.05) is 71.6 Å². The average Bonchev–Trinajstić information content (AvgIpc) is 3.36. The van der Waals surface area contributed by atoms with Gasteiger partial charge in [-0.3, -0.25) is 0 Å². The minimum atomic E-state index is -0.345. The molecular formula is C27H24N2O3S. The van der Waals surface area contributed by atoms with E-state index in [2.05, 4.69) is 29.2 Å². The lowest BCUT2D eigenvalue weighted by Gasteiger charge is -2.41. The Hall–Kier alpha value is -3.64. The third-order valence-electron chi connectivity index (χ3n) is 5.58. The summed E-state index contributed by atoms with van der Waals surface area (Å²) in [6.45, 7) is 1.50. The summed E-state index contributed by atoms with van der Waals surface area (Å²) >= 11 is 1.73. The van der Waals surface area contributed by atoms with Crippen LogP contribution in [0.15, 0.2) is 107 Å². The second-order valence-electron chi connectivity index (χ2n) is 7.79. The molecule has 1 aliphatic heterocycles. The molecule has 1 fully saturated rings. The van der Waals surface area contributed by atoms with E-state index in [0.717, 1.165) is 30.2 Å². The summed E-state index contributed by atoms with van der Waals surface area (Å²) < 4.78 is 13.2. The number of nitrogens with zero attached hydrogens (tertiary/aromatic N) is 2. The van der Waals surface area contributed by atoms with Gasteiger partial charge in [-0.05, 0) is 60.7 Å². The zero-order chi connectivity index (χ0) is 22.6. The molecule has 33 heavy (non-hydrogen) atoms. The molecular weight excluding hydrogens is 432 g/mol. The lowest BCUT2D eigenvalue weighted by Crippen LogP contribution is -2.54. The van der Waals surface area contributed by atoms with Crippen molar-refractivity contribution in [3.8, 4) is 11.4 Å². The van der Waals surface area contributed by atoms with E-state index < -0.39 is 0 Å². The Morgan fingerprint density at radius 2 is 1.55 bits per heavy atom. The Morgan fingerprint density at radius 3 is 2.24 bits per heavy atom. The van der Waals surface area contributed by atoms with Crippen LogP contribution in [0.3, 0.4) is 0 Å². The Labute approximate surface area is 197 Å². The van der Waals surface area contributed by atoms with Gasteiger partial charge in [0.15, 0.2) is 0 Å². The molecule has 1 saturated heterocycles. The van der Waals surface area contributed by atoms with Crippen LogP contribution < -0.4 is 9.64 Å². The molecule has 0 unspecified atom stereocenters. The van der Waals surface area contributed by atoms with Crippen LogP contribution in [-0.2, 0) is 4.74 Å². The number of ether oxygens (including phenoxy) is 2. The van der Waals surface area contributed by atoms with E-state index >= 15 is 0 Å². The molecule has 166 valence electrons. The number of methoxy groups -OCH3 is 1. The van der Waals surface area contributed by atoms with Crippen molar-refractivity contribution in [3.63, 3.8) is 0 Å². The average molecular weight is 457 g/mol. The fraction of sp³-hybridized carbons (Fsp3) is 0.148. The Bertz CT molecular complexity index is 1220. The number of para-hydroxylation sites is 1. The third kappa shape index (κ3) is 4.61. The molecule has 0 amide bonds. The molecule has 1 aliphatic rings. The highest BCUT2D eigenvalue weighted by molar-refractivity contribution is 7.99. The smallest absolute Gasteiger partial charge is 0.340 e. The fourth-order valence-corrected chi connectivity index (χ4v) is 4.77. The van der Waals surface area contributed by atoms with E-state index in [1.54, 1.807) is 17.8 Å². The van der Waals surface area contributed by atoms with Crippen LogP contribution in [0, 0.1) is 0 Å². The van der Waals surface area contributed by atoms with Gasteiger partial charge in [0.25, 0.3) is 0 Å². The van der Waals surface area contributed by atoms with E-state index in [1.165, 1.54) is 16.9 Å². The van der Waals surface area contributed by atoms with Gasteiger partial charge in [-0.2, -0.15) is 0 Å². The second kappa shape index (κ2) is 9.46. The van der Waals surface area contributed by atoms with Crippen molar-refractivity contribution in [3.05, 3.63) is 103 Å². The fourth-order valence-electron chi connectivity index (χ4n) is 3.93. The topological polar surface area (TPSA) is 43.7 Å². The van der Waals surface area contributed by atoms with Crippen molar-refractivity contribution < 1.29 is 14.3 Å². The van der Waals surface area contributed by atoms with Crippen molar-refractivity contribution in [2.75, 3.05) is 25.1 Å². The Morgan fingerprint density at radius 1 is 0.848 bits per heavy atom. The number of aromatic nitrogens is 1. The van der Waals surface area contributed by atoms with Crippen LogP contribution in [0.4, 0.5) is 5.69 Å². The maximum atomic E-state index is 12.4. The highest BCUT2D eigenvalue weighted by Gasteiger charge is 2.32. The summed E-state index contributed by atoms with van der Waals surface area (Å²) in [4.78, 5) is 17.0. The highest BCUT2D eigenvalue weighted by atomic mass is 32.2. The van der Waals surface area contributed by atoms with Crippen LogP contribution >= 0.6 is 11.8 Å². The molecule has 0 atom stereocenters. The summed E-state index contributed by atoms with van der Waals surface area (Å²) in [5, 5.41) is 0. The van der Waals surface area contributed by atoms with E-state index in [4.69, 9.17) is 9.47 Å². The zero-order valence-electron chi connectivity index (χ0n) is 18.3. The van der Waals surface area contributed by atoms with Gasteiger partial charge in [0.2, 0.25) is 0 Å². The molecule has 3 aromatic carbocycles. The normalized spacial score (nSPS) is 13.4. The van der Waals surface area contributed by atoms with Crippen molar-refractivity contribution in [2.24, 2.45) is 0 Å². The molecule has 4 aromatic rings. The van der Waals surface area contributed by atoms with Gasteiger partial charge in [-0.1, -0.05) is 36.0 Å². The number of carbonyl (C=O) groups excluding carboxylic acids is 1. The number of hydrogen-bond acceptors (Lipinski definition) is 5. The predicted molar refractivity (Wildman–Crippen MR) is 131 cm³/mol. The van der Waals surface area contributed by atoms with E-state index in [0.29, 0.717) is 5.56 Å². The van der Waals surface area contributed by atoms with Crippen molar-refractivity contribution in [1.82, 2.24) is 4.57 Å². The number of esters is 1. The molecule has 6 heteroatoms. The van der Waals surface area contributed by atoms with Gasteiger partial charge in [0.05, 0.1) is 37.1 Å². The molecule has 0 radical (unpaired) electrons. The molecule has 0 bridgehead atoms. The minimum Gasteiger partial charge on any atom is -0.487 e. The van der Waals surface area contributed by atoms with Crippen LogP contribution in [0.25, 0.3) is 5.69 Å². The lowest BCUT2D eigenvalue weighted by atomic mass is 10.1. The molecule has 2 heterocycles. The van der Waals surface area contributed by atoms with Crippen LogP contribution in [0.2, 0.25) is 0 Å². The third-order valence-corrected chi connectivity index (χ3v) is 6.59. The van der Waals surface area contributed by atoms with Gasteiger partial charge >= 0.3 is 5.97 Å². The maximum Gasteiger partial charge on any atom is 0.340 e. The summed E-state index contributed by atoms with van der Waals surface area (Å²) in [5.41, 5.74) is 2.36. The van der Waals surface area contributed by atoms with E-state index in [9.17, 15) is 4.79 Å². The molecule has 5 rings (SSSR count). The predicted octanol–water partition coefficient (Wildman–Crippen LogP) is 5.68. The minimum absolute atomic E-state index is 0.0944. The first-order valence-corrected chi connectivity index (χ1v) is 11.6. The standard InChI is InChI=1S/C27H24N2O3S/c1-31-27(30)24-10-7-11-25(26(24)28-16-5-6-17-28)29-18-21(19-29)32-20-12-14-23(15-13-20)33-22-8-3-2-4-9-22/h2-17,21H,18-19H2,1H3. The van der Waals surface area contributed by atoms with Gasteiger partial charge in [0.1, 0.15) is 11.9 Å². The Balaban J connectivity index is 1.26. The van der Waals surface area contributed by atoms with Gasteiger partial charge in [0, 0.05) is 22.2 Å². The molecule has 0 saturated carbocycles. The molecule has 1 aromatic heterocycles. The number of rotatable bonds is 7. The van der Waals surface area contributed by atoms with Gasteiger partial charge < -0.3 is 18.9 Å². The molecule has 0 spiro atoms. The molecule has 0 aliphatic carbocycles. The summed E-state index contributed by atoms with van der Waals surface area (Å²) in [6.07, 6.45) is 3.97. The first kappa shape index (κ1) is 21.2. The maximum absolute atomic E-state index is 12.4. The molecule has 5 nitrogen and oxygen atoms in total. The number of carbonyl (C=O) groups is 1. The van der Waals surface area contributed by atoms with Crippen LogP contribution in [-0.4, -0.2) is 36.8 Å². The van der Waals surface area contributed by atoms with Crippen molar-refractivity contribution in [2.45, 2.75) is 15.9 Å². The Kier molecular flexibility index (Phi) is 6.09. The molecule has 0 N–H and O–H groups in total. The number of benzene rings is 3. The van der Waals surface area contributed by atoms with E-state index in [-0.39, 0.29) is 12.1 Å². The number of anilines is 1. The first-order valence-electron chi connectivity index (χ1n) is 10.8. The SMILES string of the molecule is COC(=O)c1cccc(N2CC(Oc3ccc(Sc4ccccc4)cc3)C2)c1-n1cccc1. The summed E-state index contributed by atoms with van der Waals surface area (Å²) in [6, 6.07) is 28.2. The number of hydrogen-bond donors (Lipinski definition) is 0. The second-order valence-corrected chi connectivity index (χ2v) is 8.93. The van der Waals surface area contributed by atoms with Crippen LogP contribution in [0.5, 0.6) is 5.75 Å². The summed E-state index contributed by atoms with van der Waals surface area (Å²) in [7, 11) is 1.41. The quantitative estimate of drug-likeness (QED) is 0.335. The van der Waals surface area contributed by atoms with Crippen LogP contribution in [0.1, 0.15) is 10.4 Å².